The van der Waals surface area contributed by atoms with Crippen molar-refractivity contribution in [2.24, 2.45) is 5.73 Å². The molecule has 0 aliphatic carbocycles. The molecule has 1 aliphatic heterocycles. The molecular weight excluding hydrogens is 264 g/mol. The fraction of sp³-hybridized carbons (Fsp3) is 0.938. The average Bonchev–Trinajstić information content (AvgIpc) is 2.69. The summed E-state index contributed by atoms with van der Waals surface area (Å²) < 4.78 is 0. The van der Waals surface area contributed by atoms with Gasteiger partial charge in [0.25, 0.3) is 0 Å². The zero-order valence-corrected chi connectivity index (χ0v) is 14.3. The van der Waals surface area contributed by atoms with Crippen LogP contribution in [0.3, 0.4) is 0 Å². The molecule has 21 heavy (non-hydrogen) atoms. The van der Waals surface area contributed by atoms with Crippen molar-refractivity contribution >= 4 is 5.91 Å². The molecule has 0 aromatic rings. The van der Waals surface area contributed by atoms with Crippen molar-refractivity contribution in [3.8, 4) is 0 Å². The lowest BCUT2D eigenvalue weighted by molar-refractivity contribution is -0.132. The SMILES string of the molecule is CCC(CCN)N1CCCN(CC(=O)N(C)C(C)C)CC1. The van der Waals surface area contributed by atoms with Crippen molar-refractivity contribution in [1.82, 2.24) is 14.7 Å². The molecule has 5 nitrogen and oxygen atoms in total. The molecule has 1 rings (SSSR count). The lowest BCUT2D eigenvalue weighted by Crippen LogP contribution is -2.43. The molecule has 1 saturated heterocycles. The quantitative estimate of drug-likeness (QED) is 0.761. The van der Waals surface area contributed by atoms with Gasteiger partial charge in [-0.2, -0.15) is 0 Å². The second-order valence-electron chi connectivity index (χ2n) is 6.40. The largest absolute Gasteiger partial charge is 0.342 e. The average molecular weight is 298 g/mol. The minimum Gasteiger partial charge on any atom is -0.342 e. The lowest BCUT2D eigenvalue weighted by Gasteiger charge is -2.30. The molecule has 0 spiro atoms. The van der Waals surface area contributed by atoms with Gasteiger partial charge in [-0.15, -0.1) is 0 Å². The van der Waals surface area contributed by atoms with E-state index in [1.54, 1.807) is 0 Å². The molecular formula is C16H34N4O. The van der Waals surface area contributed by atoms with E-state index in [0.29, 0.717) is 12.6 Å². The summed E-state index contributed by atoms with van der Waals surface area (Å²) in [6, 6.07) is 0.874. The lowest BCUT2D eigenvalue weighted by atomic mass is 10.1. The Balaban J connectivity index is 2.47. The first-order valence-electron chi connectivity index (χ1n) is 8.41. The van der Waals surface area contributed by atoms with Gasteiger partial charge in [0.1, 0.15) is 0 Å². The normalized spacial score (nSPS) is 19.5. The van der Waals surface area contributed by atoms with Gasteiger partial charge in [-0.3, -0.25) is 14.6 Å². The topological polar surface area (TPSA) is 52.8 Å². The number of hydrogen-bond donors (Lipinski definition) is 1. The van der Waals surface area contributed by atoms with Crippen molar-refractivity contribution in [1.29, 1.82) is 0 Å². The first kappa shape index (κ1) is 18.4. The number of rotatable bonds is 7. The summed E-state index contributed by atoms with van der Waals surface area (Å²) >= 11 is 0. The summed E-state index contributed by atoms with van der Waals surface area (Å²) in [6.07, 6.45) is 3.37. The molecule has 0 aromatic heterocycles. The highest BCUT2D eigenvalue weighted by Gasteiger charge is 2.22. The maximum atomic E-state index is 12.2. The predicted octanol–water partition coefficient (Wildman–Crippen LogP) is 0.988. The van der Waals surface area contributed by atoms with E-state index in [2.05, 4.69) is 30.6 Å². The summed E-state index contributed by atoms with van der Waals surface area (Å²) in [5.74, 6) is 0.229. The zero-order valence-electron chi connectivity index (χ0n) is 14.3. The van der Waals surface area contributed by atoms with E-state index >= 15 is 0 Å². The van der Waals surface area contributed by atoms with E-state index in [-0.39, 0.29) is 11.9 Å². The number of nitrogens with zero attached hydrogens (tertiary/aromatic N) is 3. The van der Waals surface area contributed by atoms with E-state index in [1.165, 1.54) is 0 Å². The maximum absolute atomic E-state index is 12.2. The molecule has 1 fully saturated rings. The van der Waals surface area contributed by atoms with Gasteiger partial charge in [-0.05, 0) is 52.7 Å². The van der Waals surface area contributed by atoms with Crippen LogP contribution in [0.2, 0.25) is 0 Å². The van der Waals surface area contributed by atoms with Crippen LogP contribution in [0.1, 0.15) is 40.0 Å². The van der Waals surface area contributed by atoms with Crippen molar-refractivity contribution in [2.75, 3.05) is 46.3 Å². The summed E-state index contributed by atoms with van der Waals surface area (Å²) in [6.45, 7) is 11.9. The van der Waals surface area contributed by atoms with Gasteiger partial charge in [0, 0.05) is 32.2 Å². The molecule has 1 atom stereocenters. The molecule has 0 aromatic carbocycles. The third-order valence-corrected chi connectivity index (χ3v) is 4.64. The molecule has 2 N–H and O–H groups in total. The second kappa shape index (κ2) is 9.38. The van der Waals surface area contributed by atoms with Crippen molar-refractivity contribution < 1.29 is 4.79 Å². The Kier molecular flexibility index (Phi) is 8.22. The van der Waals surface area contributed by atoms with Crippen LogP contribution in [0, 0.1) is 0 Å². The monoisotopic (exact) mass is 298 g/mol. The molecule has 0 saturated carbocycles. The van der Waals surface area contributed by atoms with Crippen molar-refractivity contribution in [3.63, 3.8) is 0 Å². The van der Waals surface area contributed by atoms with Crippen molar-refractivity contribution in [2.45, 2.75) is 52.1 Å². The van der Waals surface area contributed by atoms with Crippen LogP contribution in [0.4, 0.5) is 0 Å². The van der Waals surface area contributed by atoms with Crippen LogP contribution in [0.15, 0.2) is 0 Å². The molecule has 0 radical (unpaired) electrons. The van der Waals surface area contributed by atoms with E-state index in [9.17, 15) is 4.79 Å². The Hall–Kier alpha value is -0.650. The van der Waals surface area contributed by atoms with Crippen LogP contribution in [0.5, 0.6) is 0 Å². The third kappa shape index (κ3) is 5.93. The minimum absolute atomic E-state index is 0.229. The highest BCUT2D eigenvalue weighted by Crippen LogP contribution is 2.12. The van der Waals surface area contributed by atoms with E-state index in [4.69, 9.17) is 5.73 Å². The van der Waals surface area contributed by atoms with Crippen LogP contribution >= 0.6 is 0 Å². The Morgan fingerprint density at radius 3 is 2.52 bits per heavy atom. The number of hydrogen-bond acceptors (Lipinski definition) is 4. The Bertz CT molecular complexity index is 309. The molecule has 5 heteroatoms. The fourth-order valence-electron chi connectivity index (χ4n) is 2.94. The van der Waals surface area contributed by atoms with Crippen LogP contribution in [-0.4, -0.2) is 79.0 Å². The molecule has 1 aliphatic rings. The molecule has 1 unspecified atom stereocenters. The molecule has 1 amide bonds. The maximum Gasteiger partial charge on any atom is 0.236 e. The third-order valence-electron chi connectivity index (χ3n) is 4.64. The summed E-state index contributed by atoms with van der Waals surface area (Å²) in [4.78, 5) is 18.9. The zero-order chi connectivity index (χ0) is 15.8. The van der Waals surface area contributed by atoms with Gasteiger partial charge in [0.05, 0.1) is 6.54 Å². The van der Waals surface area contributed by atoms with Gasteiger partial charge in [-0.25, -0.2) is 0 Å². The standard InChI is InChI=1S/C16H34N4O/c1-5-15(7-8-17)20-10-6-9-19(11-12-20)13-16(21)18(4)14(2)3/h14-15H,5-13,17H2,1-4H3. The van der Waals surface area contributed by atoms with E-state index in [1.807, 2.05) is 11.9 Å². The Morgan fingerprint density at radius 2 is 1.95 bits per heavy atom. The fourth-order valence-corrected chi connectivity index (χ4v) is 2.94. The Morgan fingerprint density at radius 1 is 1.24 bits per heavy atom. The summed E-state index contributed by atoms with van der Waals surface area (Å²) in [7, 11) is 1.89. The van der Waals surface area contributed by atoms with Gasteiger partial charge >= 0.3 is 0 Å². The number of likely N-dealkylation sites (N-methyl/N-ethyl adjacent to an activating group) is 1. The smallest absolute Gasteiger partial charge is 0.236 e. The Labute approximate surface area is 130 Å². The van der Waals surface area contributed by atoms with Gasteiger partial charge in [0.15, 0.2) is 0 Å². The first-order valence-corrected chi connectivity index (χ1v) is 8.41. The van der Waals surface area contributed by atoms with Gasteiger partial charge in [-0.1, -0.05) is 6.92 Å². The highest BCUT2D eigenvalue weighted by atomic mass is 16.2. The predicted molar refractivity (Wildman–Crippen MR) is 88.3 cm³/mol. The van der Waals surface area contributed by atoms with E-state index in [0.717, 1.165) is 52.0 Å². The number of carbonyl (C=O) groups excluding carboxylic acids is 1. The molecule has 0 bridgehead atoms. The van der Waals surface area contributed by atoms with Crippen LogP contribution in [-0.2, 0) is 4.79 Å². The first-order chi connectivity index (χ1) is 9.99. The number of amides is 1. The van der Waals surface area contributed by atoms with E-state index < -0.39 is 0 Å². The minimum atomic E-state index is 0.229. The number of nitrogens with two attached hydrogens (primary N) is 1. The summed E-state index contributed by atoms with van der Waals surface area (Å²) in [5, 5.41) is 0. The molecule has 1 heterocycles. The van der Waals surface area contributed by atoms with Gasteiger partial charge in [0.2, 0.25) is 5.91 Å². The van der Waals surface area contributed by atoms with Crippen LogP contribution < -0.4 is 5.73 Å². The number of carbonyl (C=O) groups is 1. The summed E-state index contributed by atoms with van der Waals surface area (Å²) in [5.41, 5.74) is 5.72. The van der Waals surface area contributed by atoms with Crippen LogP contribution in [0.25, 0.3) is 0 Å². The molecule has 124 valence electrons. The second-order valence-corrected chi connectivity index (χ2v) is 6.40. The van der Waals surface area contributed by atoms with Crippen molar-refractivity contribution in [3.05, 3.63) is 0 Å². The van der Waals surface area contributed by atoms with Gasteiger partial charge < -0.3 is 10.6 Å². The highest BCUT2D eigenvalue weighted by molar-refractivity contribution is 5.78.